The molecule has 1 amide bonds. The lowest BCUT2D eigenvalue weighted by atomic mass is 9.94. The Hall–Kier alpha value is -2.39. The lowest BCUT2D eigenvalue weighted by Crippen LogP contribution is -2.45. The molecule has 1 aromatic carbocycles. The third-order valence-electron chi connectivity index (χ3n) is 7.25. The Kier molecular flexibility index (Phi) is 7.62. The van der Waals surface area contributed by atoms with Gasteiger partial charge in [-0.1, -0.05) is 36.6 Å². The highest BCUT2D eigenvalue weighted by Crippen LogP contribution is 2.28. The van der Waals surface area contributed by atoms with Crippen molar-refractivity contribution in [3.05, 3.63) is 41.3 Å². The highest BCUT2D eigenvalue weighted by molar-refractivity contribution is 7.89. The van der Waals surface area contributed by atoms with Crippen LogP contribution in [0.2, 0.25) is 0 Å². The van der Waals surface area contributed by atoms with Crippen LogP contribution in [0, 0.1) is 19.8 Å². The van der Waals surface area contributed by atoms with E-state index in [4.69, 9.17) is 4.52 Å². The van der Waals surface area contributed by atoms with Gasteiger partial charge in [-0.3, -0.25) is 4.79 Å². The minimum absolute atomic E-state index is 0.109. The molecule has 1 aliphatic heterocycles. The van der Waals surface area contributed by atoms with E-state index >= 15 is 0 Å². The fraction of sp³-hybridized carbons (Fsp3) is 0.600. The second kappa shape index (κ2) is 10.5. The summed E-state index contributed by atoms with van der Waals surface area (Å²) in [4.78, 5) is 15.4. The van der Waals surface area contributed by atoms with Gasteiger partial charge in [-0.25, -0.2) is 8.42 Å². The Morgan fingerprint density at radius 1 is 1.12 bits per heavy atom. The van der Waals surface area contributed by atoms with Crippen LogP contribution < -0.4 is 10.2 Å². The quantitative estimate of drug-likeness (QED) is 0.637. The number of anilines is 1. The van der Waals surface area contributed by atoms with Gasteiger partial charge in [0, 0.05) is 38.4 Å². The molecule has 2 aromatic rings. The second-order valence-electron chi connectivity index (χ2n) is 9.64. The first-order valence-corrected chi connectivity index (χ1v) is 13.7. The first kappa shape index (κ1) is 24.7. The van der Waals surface area contributed by atoms with Crippen LogP contribution >= 0.6 is 0 Å². The molecule has 0 spiro atoms. The van der Waals surface area contributed by atoms with Crippen molar-refractivity contribution in [3.63, 3.8) is 0 Å². The van der Waals surface area contributed by atoms with Crippen LogP contribution in [0.1, 0.15) is 62.0 Å². The van der Waals surface area contributed by atoms with E-state index in [-0.39, 0.29) is 29.0 Å². The monoisotopic (exact) mass is 488 g/mol. The lowest BCUT2D eigenvalue weighted by molar-refractivity contribution is -0.126. The number of benzene rings is 1. The Morgan fingerprint density at radius 2 is 1.82 bits per heavy atom. The summed E-state index contributed by atoms with van der Waals surface area (Å²) >= 11 is 0. The van der Waals surface area contributed by atoms with Crippen LogP contribution in [0.5, 0.6) is 0 Å². The van der Waals surface area contributed by atoms with Gasteiger partial charge in [0.1, 0.15) is 10.6 Å². The Balaban J connectivity index is 1.33. The van der Waals surface area contributed by atoms with Crippen LogP contribution in [0.4, 0.5) is 5.69 Å². The number of nitrogens with zero attached hydrogens (tertiary/aromatic N) is 3. The predicted molar refractivity (Wildman–Crippen MR) is 131 cm³/mol. The van der Waals surface area contributed by atoms with Crippen molar-refractivity contribution in [2.24, 2.45) is 5.92 Å². The topological polar surface area (TPSA) is 95.8 Å². The first-order chi connectivity index (χ1) is 16.3. The maximum absolute atomic E-state index is 13.1. The third kappa shape index (κ3) is 5.30. The molecular weight excluding hydrogens is 452 g/mol. The van der Waals surface area contributed by atoms with E-state index in [9.17, 15) is 13.2 Å². The van der Waals surface area contributed by atoms with Gasteiger partial charge in [0.25, 0.3) is 0 Å². The summed E-state index contributed by atoms with van der Waals surface area (Å²) in [6.45, 7) is 4.21. The molecule has 2 aliphatic rings. The van der Waals surface area contributed by atoms with Gasteiger partial charge in [-0.15, -0.1) is 0 Å². The van der Waals surface area contributed by atoms with E-state index in [0.717, 1.165) is 5.56 Å². The van der Waals surface area contributed by atoms with E-state index in [0.29, 0.717) is 37.7 Å². The number of sulfonamides is 1. The molecule has 1 saturated heterocycles. The standard InChI is InChI=1S/C25H36N4O4S/c1-18-24(19(2)33-27-18)34(31,32)29-15-7-8-21(17-29)25(30)26-16-20-11-13-23(14-12-20)28(3)22-9-5-4-6-10-22/h11-14,21-22H,4-10,15-17H2,1-3H3,(H,26,30). The SMILES string of the molecule is Cc1noc(C)c1S(=O)(=O)N1CCCC(C(=O)NCc2ccc(N(C)C3CCCCC3)cc2)C1. The van der Waals surface area contributed by atoms with Crippen molar-refractivity contribution >= 4 is 21.6 Å². The zero-order valence-corrected chi connectivity index (χ0v) is 21.2. The molecule has 2 fully saturated rings. The molecule has 1 atom stereocenters. The molecule has 1 aromatic heterocycles. The van der Waals surface area contributed by atoms with Gasteiger partial charge in [0.2, 0.25) is 15.9 Å². The minimum atomic E-state index is -3.74. The molecule has 1 saturated carbocycles. The van der Waals surface area contributed by atoms with Crippen molar-refractivity contribution in [1.29, 1.82) is 0 Å². The van der Waals surface area contributed by atoms with Crippen molar-refractivity contribution < 1.29 is 17.7 Å². The van der Waals surface area contributed by atoms with E-state index < -0.39 is 10.0 Å². The molecule has 34 heavy (non-hydrogen) atoms. The van der Waals surface area contributed by atoms with Gasteiger partial charge in [-0.05, 0) is 57.2 Å². The number of nitrogens with one attached hydrogen (secondary N) is 1. The molecule has 1 aliphatic carbocycles. The van der Waals surface area contributed by atoms with Gasteiger partial charge in [0.05, 0.1) is 5.92 Å². The summed E-state index contributed by atoms with van der Waals surface area (Å²) in [5.74, 6) is -0.204. The molecule has 9 heteroatoms. The van der Waals surface area contributed by atoms with Gasteiger partial charge < -0.3 is 14.7 Å². The fourth-order valence-electron chi connectivity index (χ4n) is 5.21. The average molecular weight is 489 g/mol. The molecule has 186 valence electrons. The summed E-state index contributed by atoms with van der Waals surface area (Å²) in [7, 11) is -1.58. The number of piperidine rings is 1. The predicted octanol–water partition coefficient (Wildman–Crippen LogP) is 3.78. The van der Waals surface area contributed by atoms with Crippen LogP contribution in [0.15, 0.2) is 33.7 Å². The summed E-state index contributed by atoms with van der Waals surface area (Å²) in [6.07, 6.45) is 7.76. The number of aromatic nitrogens is 1. The first-order valence-electron chi connectivity index (χ1n) is 12.3. The summed E-state index contributed by atoms with van der Waals surface area (Å²) in [5.41, 5.74) is 2.58. The molecule has 0 bridgehead atoms. The highest BCUT2D eigenvalue weighted by atomic mass is 32.2. The third-order valence-corrected chi connectivity index (χ3v) is 9.36. The highest BCUT2D eigenvalue weighted by Gasteiger charge is 2.36. The summed E-state index contributed by atoms with van der Waals surface area (Å²) in [5, 5.41) is 6.78. The normalized spacial score (nSPS) is 20.3. The maximum Gasteiger partial charge on any atom is 0.248 e. The van der Waals surface area contributed by atoms with E-state index in [1.54, 1.807) is 13.8 Å². The van der Waals surface area contributed by atoms with E-state index in [1.807, 2.05) is 0 Å². The smallest absolute Gasteiger partial charge is 0.248 e. The number of hydrogen-bond acceptors (Lipinski definition) is 6. The van der Waals surface area contributed by atoms with Crippen molar-refractivity contribution in [1.82, 2.24) is 14.8 Å². The fourth-order valence-corrected chi connectivity index (χ4v) is 7.02. The molecule has 4 rings (SSSR count). The zero-order chi connectivity index (χ0) is 24.3. The maximum atomic E-state index is 13.1. The molecule has 1 N–H and O–H groups in total. The van der Waals surface area contributed by atoms with Gasteiger partial charge >= 0.3 is 0 Å². The minimum Gasteiger partial charge on any atom is -0.372 e. The molecule has 1 unspecified atom stereocenters. The molecular formula is C25H36N4O4S. The molecule has 2 heterocycles. The number of carbonyl (C=O) groups is 1. The number of hydrogen-bond donors (Lipinski definition) is 1. The van der Waals surface area contributed by atoms with Crippen molar-refractivity contribution in [3.8, 4) is 0 Å². The van der Waals surface area contributed by atoms with Crippen LogP contribution in [0.3, 0.4) is 0 Å². The Morgan fingerprint density at radius 3 is 2.47 bits per heavy atom. The van der Waals surface area contributed by atoms with Crippen LogP contribution in [-0.2, 0) is 21.4 Å². The number of aryl methyl sites for hydroxylation is 2. The number of rotatable bonds is 7. The Labute approximate surface area is 202 Å². The zero-order valence-electron chi connectivity index (χ0n) is 20.4. The largest absolute Gasteiger partial charge is 0.372 e. The van der Waals surface area contributed by atoms with Crippen molar-refractivity contribution in [2.75, 3.05) is 25.0 Å². The summed E-state index contributed by atoms with van der Waals surface area (Å²) < 4.78 is 32.7. The number of carbonyl (C=O) groups excluding carboxylic acids is 1. The van der Waals surface area contributed by atoms with E-state index in [1.165, 1.54) is 42.1 Å². The second-order valence-corrected chi connectivity index (χ2v) is 11.5. The lowest BCUT2D eigenvalue weighted by Gasteiger charge is -2.33. The Bertz CT molecular complexity index is 1070. The average Bonchev–Trinajstić information content (AvgIpc) is 3.21. The molecule has 8 nitrogen and oxygen atoms in total. The number of amides is 1. The van der Waals surface area contributed by atoms with Crippen molar-refractivity contribution in [2.45, 2.75) is 76.3 Å². The van der Waals surface area contributed by atoms with Crippen LogP contribution in [-0.4, -0.2) is 50.0 Å². The van der Waals surface area contributed by atoms with Gasteiger partial charge in [-0.2, -0.15) is 4.31 Å². The van der Waals surface area contributed by atoms with Gasteiger partial charge in [0.15, 0.2) is 5.76 Å². The van der Waals surface area contributed by atoms with E-state index in [2.05, 4.69) is 46.7 Å². The summed E-state index contributed by atoms with van der Waals surface area (Å²) in [6, 6.07) is 8.97. The molecule has 0 radical (unpaired) electrons. The van der Waals surface area contributed by atoms with Crippen LogP contribution in [0.25, 0.3) is 0 Å².